The van der Waals surface area contributed by atoms with Crippen LogP contribution in [0.15, 0.2) is 54.6 Å². The summed E-state index contributed by atoms with van der Waals surface area (Å²) < 4.78 is 0. The zero-order valence-corrected chi connectivity index (χ0v) is 17.6. The van der Waals surface area contributed by atoms with E-state index in [9.17, 15) is 9.90 Å². The largest absolute Gasteiger partial charge is 0.391 e. The second kappa shape index (κ2) is 7.71. The summed E-state index contributed by atoms with van der Waals surface area (Å²) in [7, 11) is 0. The van der Waals surface area contributed by atoms with Crippen LogP contribution in [0, 0.1) is 19.8 Å². The maximum Gasteiger partial charge on any atom is 0.254 e. The fourth-order valence-electron chi connectivity index (χ4n) is 4.26. The van der Waals surface area contributed by atoms with Gasteiger partial charge in [0.05, 0.1) is 34.0 Å². The molecule has 0 spiro atoms. The first kappa shape index (κ1) is 19.6. The van der Waals surface area contributed by atoms with Crippen molar-refractivity contribution < 1.29 is 9.90 Å². The minimum absolute atomic E-state index is 0.0391. The van der Waals surface area contributed by atoms with Gasteiger partial charge in [0.1, 0.15) is 0 Å². The van der Waals surface area contributed by atoms with Gasteiger partial charge in [0.25, 0.3) is 5.91 Å². The van der Waals surface area contributed by atoms with Crippen molar-refractivity contribution in [1.82, 2.24) is 19.9 Å². The maximum atomic E-state index is 13.1. The first-order valence-corrected chi connectivity index (χ1v) is 10.5. The summed E-state index contributed by atoms with van der Waals surface area (Å²) in [6.07, 6.45) is 0.0691. The first-order valence-electron chi connectivity index (χ1n) is 10.5. The number of rotatable bonds is 3. The van der Waals surface area contributed by atoms with Crippen LogP contribution in [0.25, 0.3) is 21.9 Å². The molecule has 1 aliphatic rings. The van der Waals surface area contributed by atoms with E-state index < -0.39 is 6.10 Å². The van der Waals surface area contributed by atoms with Gasteiger partial charge >= 0.3 is 0 Å². The molecule has 2 atom stereocenters. The summed E-state index contributed by atoms with van der Waals surface area (Å²) in [5.41, 5.74) is 5.69. The van der Waals surface area contributed by atoms with Crippen LogP contribution in [0.2, 0.25) is 0 Å². The third kappa shape index (κ3) is 3.75. The van der Waals surface area contributed by atoms with Gasteiger partial charge in [0.15, 0.2) is 0 Å². The SMILES string of the molecule is Cc1nc2ccc(C(=O)N3C[C@@H](Cc4ccc5ccccc5n4)[C@H](O)C3)cc2nc1C. The van der Waals surface area contributed by atoms with Crippen LogP contribution < -0.4 is 0 Å². The molecular weight excluding hydrogens is 388 g/mol. The van der Waals surface area contributed by atoms with E-state index in [1.165, 1.54) is 0 Å². The Morgan fingerprint density at radius 3 is 2.55 bits per heavy atom. The highest BCUT2D eigenvalue weighted by Gasteiger charge is 2.34. The van der Waals surface area contributed by atoms with Crippen LogP contribution in [0.3, 0.4) is 0 Å². The quantitative estimate of drug-likeness (QED) is 0.557. The predicted molar refractivity (Wildman–Crippen MR) is 120 cm³/mol. The van der Waals surface area contributed by atoms with Gasteiger partial charge in [-0.25, -0.2) is 9.97 Å². The second-order valence-electron chi connectivity index (χ2n) is 8.33. The fraction of sp³-hybridized carbons (Fsp3) is 0.280. The van der Waals surface area contributed by atoms with Crippen molar-refractivity contribution in [1.29, 1.82) is 0 Å². The Balaban J connectivity index is 1.34. The van der Waals surface area contributed by atoms with Crippen molar-refractivity contribution in [2.45, 2.75) is 26.4 Å². The molecule has 6 nitrogen and oxygen atoms in total. The number of pyridine rings is 1. The number of likely N-dealkylation sites (tertiary alicyclic amines) is 1. The molecule has 0 aliphatic carbocycles. The van der Waals surface area contributed by atoms with Crippen molar-refractivity contribution in [3.63, 3.8) is 0 Å². The van der Waals surface area contributed by atoms with Gasteiger partial charge in [-0.1, -0.05) is 24.3 Å². The van der Waals surface area contributed by atoms with Gasteiger partial charge in [-0.15, -0.1) is 0 Å². The van der Waals surface area contributed by atoms with Gasteiger partial charge in [-0.05, 0) is 50.6 Å². The van der Waals surface area contributed by atoms with Gasteiger partial charge < -0.3 is 10.0 Å². The van der Waals surface area contributed by atoms with E-state index in [1.54, 1.807) is 17.0 Å². The summed E-state index contributed by atoms with van der Waals surface area (Å²) in [5, 5.41) is 11.7. The molecule has 5 rings (SSSR count). The molecule has 1 saturated heterocycles. The van der Waals surface area contributed by atoms with Crippen LogP contribution in [-0.4, -0.2) is 50.1 Å². The number of aliphatic hydroxyl groups excluding tert-OH is 1. The number of carbonyl (C=O) groups is 1. The number of fused-ring (bicyclic) bond motifs is 2. The highest BCUT2D eigenvalue weighted by molar-refractivity contribution is 5.97. The highest BCUT2D eigenvalue weighted by atomic mass is 16.3. The van der Waals surface area contributed by atoms with E-state index in [0.29, 0.717) is 30.6 Å². The molecule has 1 N–H and O–H groups in total. The molecule has 1 aliphatic heterocycles. The van der Waals surface area contributed by atoms with Crippen LogP contribution >= 0.6 is 0 Å². The molecule has 31 heavy (non-hydrogen) atoms. The molecule has 1 fully saturated rings. The second-order valence-corrected chi connectivity index (χ2v) is 8.33. The lowest BCUT2D eigenvalue weighted by Crippen LogP contribution is -2.29. The Morgan fingerprint density at radius 1 is 0.935 bits per heavy atom. The van der Waals surface area contributed by atoms with Gasteiger partial charge in [0, 0.05) is 35.7 Å². The Labute approximate surface area is 180 Å². The molecule has 156 valence electrons. The minimum Gasteiger partial charge on any atom is -0.391 e. The molecule has 4 aromatic rings. The summed E-state index contributed by atoms with van der Waals surface area (Å²) >= 11 is 0. The summed E-state index contributed by atoms with van der Waals surface area (Å²) in [6, 6.07) is 17.5. The third-order valence-electron chi connectivity index (χ3n) is 6.14. The normalized spacial score (nSPS) is 18.7. The van der Waals surface area contributed by atoms with Crippen LogP contribution in [-0.2, 0) is 6.42 Å². The Hall–Kier alpha value is -3.38. The van der Waals surface area contributed by atoms with E-state index in [0.717, 1.165) is 33.5 Å². The van der Waals surface area contributed by atoms with Crippen molar-refractivity contribution in [2.24, 2.45) is 5.92 Å². The number of benzene rings is 2. The first-order chi connectivity index (χ1) is 15.0. The summed E-state index contributed by atoms with van der Waals surface area (Å²) in [4.78, 5) is 28.7. The number of hydrogen-bond acceptors (Lipinski definition) is 5. The number of carbonyl (C=O) groups excluding carboxylic acids is 1. The Kier molecular flexibility index (Phi) is 4.87. The number of aliphatic hydroxyl groups is 1. The van der Waals surface area contributed by atoms with Crippen LogP contribution in [0.4, 0.5) is 0 Å². The molecule has 2 aromatic carbocycles. The summed E-state index contributed by atoms with van der Waals surface area (Å²) in [6.45, 7) is 4.67. The maximum absolute atomic E-state index is 13.1. The lowest BCUT2D eigenvalue weighted by Gasteiger charge is -2.16. The lowest BCUT2D eigenvalue weighted by molar-refractivity contribution is 0.0765. The average Bonchev–Trinajstić information content (AvgIpc) is 3.14. The number of aryl methyl sites for hydroxylation is 2. The van der Waals surface area contributed by atoms with Crippen molar-refractivity contribution >= 4 is 27.8 Å². The van der Waals surface area contributed by atoms with E-state index in [1.807, 2.05) is 50.2 Å². The smallest absolute Gasteiger partial charge is 0.254 e. The Morgan fingerprint density at radius 2 is 1.71 bits per heavy atom. The van der Waals surface area contributed by atoms with Crippen molar-refractivity contribution in [3.8, 4) is 0 Å². The molecule has 6 heteroatoms. The number of β-amino-alcohol motifs (C(OH)–C–C–N with tert-alkyl or cyclic N) is 1. The number of para-hydroxylation sites is 1. The standard InChI is InChI=1S/C25H24N4O2/c1-15-16(2)27-23-12-18(8-10-22(23)26-15)25(31)29-13-19(24(30)14-29)11-20-9-7-17-5-3-4-6-21(17)28-20/h3-10,12,19,24,30H,11,13-14H2,1-2H3/t19-,24-/m1/s1. The molecule has 3 heterocycles. The topological polar surface area (TPSA) is 79.2 Å². The Bertz CT molecular complexity index is 1300. The predicted octanol–water partition coefficient (Wildman–Crippen LogP) is 3.47. The molecule has 2 aromatic heterocycles. The van der Waals surface area contributed by atoms with E-state index in [4.69, 9.17) is 4.98 Å². The molecule has 0 saturated carbocycles. The van der Waals surface area contributed by atoms with E-state index >= 15 is 0 Å². The van der Waals surface area contributed by atoms with Gasteiger partial charge in [0.2, 0.25) is 0 Å². The van der Waals surface area contributed by atoms with Gasteiger partial charge in [-0.3, -0.25) is 9.78 Å². The zero-order valence-electron chi connectivity index (χ0n) is 17.6. The monoisotopic (exact) mass is 412 g/mol. The molecule has 0 bridgehead atoms. The molecular formula is C25H24N4O2. The van der Waals surface area contributed by atoms with E-state index in [2.05, 4.69) is 16.0 Å². The minimum atomic E-state index is -0.567. The summed E-state index contributed by atoms with van der Waals surface area (Å²) in [5.74, 6) is -0.127. The zero-order chi connectivity index (χ0) is 21.5. The number of aromatic nitrogens is 3. The molecule has 0 unspecified atom stereocenters. The van der Waals surface area contributed by atoms with Crippen molar-refractivity contribution in [3.05, 3.63) is 77.2 Å². The average molecular weight is 412 g/mol. The van der Waals surface area contributed by atoms with Crippen LogP contribution in [0.1, 0.15) is 27.4 Å². The molecule has 0 radical (unpaired) electrons. The van der Waals surface area contributed by atoms with E-state index in [-0.39, 0.29) is 11.8 Å². The third-order valence-corrected chi connectivity index (χ3v) is 6.14. The number of amides is 1. The fourth-order valence-corrected chi connectivity index (χ4v) is 4.26. The number of hydrogen-bond donors (Lipinski definition) is 1. The highest BCUT2D eigenvalue weighted by Crippen LogP contribution is 2.24. The number of nitrogens with zero attached hydrogens (tertiary/aromatic N) is 4. The molecule has 1 amide bonds. The van der Waals surface area contributed by atoms with Gasteiger partial charge in [-0.2, -0.15) is 0 Å². The lowest BCUT2D eigenvalue weighted by atomic mass is 9.99. The van der Waals surface area contributed by atoms with Crippen molar-refractivity contribution in [2.75, 3.05) is 13.1 Å². The van der Waals surface area contributed by atoms with Crippen LogP contribution in [0.5, 0.6) is 0 Å².